The maximum Gasteiger partial charge on any atom is 0.416 e. The van der Waals surface area contributed by atoms with Crippen molar-refractivity contribution in [3.05, 3.63) is 29.8 Å². The van der Waals surface area contributed by atoms with Crippen LogP contribution in [0.1, 0.15) is 24.8 Å². The van der Waals surface area contributed by atoms with Gasteiger partial charge in [-0.25, -0.2) is 0 Å². The Morgan fingerprint density at radius 2 is 1.83 bits per heavy atom. The Bertz CT molecular complexity index is 388. The topological polar surface area (TPSA) is 23.5 Å². The lowest BCUT2D eigenvalue weighted by Gasteiger charge is -2.36. The third-order valence-corrected chi connectivity index (χ3v) is 3.36. The van der Waals surface area contributed by atoms with Gasteiger partial charge in [0.1, 0.15) is 0 Å². The SMILES string of the molecule is OCC1CCCCN1c1ccc(C(F)(F)F)cc1. The van der Waals surface area contributed by atoms with Gasteiger partial charge in [0.25, 0.3) is 0 Å². The first-order chi connectivity index (χ1) is 8.52. The molecule has 1 aliphatic heterocycles. The van der Waals surface area contributed by atoms with Crippen LogP contribution in [0.5, 0.6) is 0 Å². The summed E-state index contributed by atoms with van der Waals surface area (Å²) in [5.41, 5.74) is 0.116. The Balaban J connectivity index is 2.18. The molecule has 0 spiro atoms. The Labute approximate surface area is 104 Å². The van der Waals surface area contributed by atoms with E-state index in [1.54, 1.807) is 0 Å². The number of alkyl halides is 3. The maximum absolute atomic E-state index is 12.5. The number of hydrogen-bond acceptors (Lipinski definition) is 2. The smallest absolute Gasteiger partial charge is 0.394 e. The quantitative estimate of drug-likeness (QED) is 0.882. The van der Waals surface area contributed by atoms with E-state index in [0.717, 1.165) is 43.6 Å². The Morgan fingerprint density at radius 1 is 1.17 bits per heavy atom. The molecule has 0 saturated carbocycles. The maximum atomic E-state index is 12.5. The molecule has 2 rings (SSSR count). The van der Waals surface area contributed by atoms with Gasteiger partial charge in [-0.15, -0.1) is 0 Å². The summed E-state index contributed by atoms with van der Waals surface area (Å²) in [5, 5.41) is 9.28. The van der Waals surface area contributed by atoms with Crippen LogP contribution in [0.4, 0.5) is 18.9 Å². The molecule has 1 heterocycles. The first-order valence-electron chi connectivity index (χ1n) is 6.07. The van der Waals surface area contributed by atoms with E-state index in [0.29, 0.717) is 0 Å². The van der Waals surface area contributed by atoms with Gasteiger partial charge >= 0.3 is 6.18 Å². The minimum Gasteiger partial charge on any atom is -0.394 e. The second kappa shape index (κ2) is 5.18. The third kappa shape index (κ3) is 2.77. The van der Waals surface area contributed by atoms with Crippen molar-refractivity contribution in [1.82, 2.24) is 0 Å². The zero-order chi connectivity index (χ0) is 13.2. The number of halogens is 3. The van der Waals surface area contributed by atoms with Gasteiger partial charge in [0.15, 0.2) is 0 Å². The average Bonchev–Trinajstić information content (AvgIpc) is 2.38. The first-order valence-corrected chi connectivity index (χ1v) is 6.07. The monoisotopic (exact) mass is 259 g/mol. The van der Waals surface area contributed by atoms with Crippen molar-refractivity contribution < 1.29 is 18.3 Å². The molecule has 0 radical (unpaired) electrons. The number of rotatable bonds is 2. The van der Waals surface area contributed by atoms with E-state index >= 15 is 0 Å². The molecule has 1 saturated heterocycles. The van der Waals surface area contributed by atoms with Crippen LogP contribution in [0.3, 0.4) is 0 Å². The van der Waals surface area contributed by atoms with Crippen LogP contribution in [-0.4, -0.2) is 24.3 Å². The average molecular weight is 259 g/mol. The molecule has 1 unspecified atom stereocenters. The van der Waals surface area contributed by atoms with Crippen molar-refractivity contribution in [2.45, 2.75) is 31.5 Å². The standard InChI is InChI=1S/C13H16F3NO/c14-13(15,16)10-4-6-11(7-5-10)17-8-2-1-3-12(17)9-18/h4-7,12,18H,1-3,8-9H2. The molecular formula is C13H16F3NO. The summed E-state index contributed by atoms with van der Waals surface area (Å²) in [5.74, 6) is 0. The highest BCUT2D eigenvalue weighted by molar-refractivity contribution is 5.49. The fraction of sp³-hybridized carbons (Fsp3) is 0.538. The zero-order valence-corrected chi connectivity index (χ0v) is 9.95. The number of hydrogen-bond donors (Lipinski definition) is 1. The lowest BCUT2D eigenvalue weighted by Crippen LogP contribution is -2.41. The molecule has 100 valence electrons. The number of piperidine rings is 1. The van der Waals surface area contributed by atoms with Crippen molar-refractivity contribution in [2.24, 2.45) is 0 Å². The van der Waals surface area contributed by atoms with Crippen molar-refractivity contribution in [3.8, 4) is 0 Å². The first kappa shape index (κ1) is 13.2. The molecule has 0 aromatic heterocycles. The van der Waals surface area contributed by atoms with E-state index in [1.807, 2.05) is 4.90 Å². The summed E-state index contributed by atoms with van der Waals surface area (Å²) in [6, 6.07) is 5.18. The van der Waals surface area contributed by atoms with Gasteiger partial charge in [0.05, 0.1) is 18.2 Å². The van der Waals surface area contributed by atoms with Crippen LogP contribution in [0.15, 0.2) is 24.3 Å². The van der Waals surface area contributed by atoms with Crippen molar-refractivity contribution in [3.63, 3.8) is 0 Å². The molecule has 1 aliphatic rings. The molecule has 0 bridgehead atoms. The van der Waals surface area contributed by atoms with Gasteiger partial charge in [-0.3, -0.25) is 0 Å². The van der Waals surface area contributed by atoms with Crippen molar-refractivity contribution >= 4 is 5.69 Å². The summed E-state index contributed by atoms with van der Waals surface area (Å²) in [6.45, 7) is 0.831. The van der Waals surface area contributed by atoms with E-state index < -0.39 is 11.7 Å². The molecule has 2 nitrogen and oxygen atoms in total. The van der Waals surface area contributed by atoms with Crippen LogP contribution >= 0.6 is 0 Å². The number of nitrogens with zero attached hydrogens (tertiary/aromatic N) is 1. The molecule has 18 heavy (non-hydrogen) atoms. The summed E-state index contributed by atoms with van der Waals surface area (Å²) < 4.78 is 37.4. The van der Waals surface area contributed by atoms with E-state index in [2.05, 4.69) is 0 Å². The predicted molar refractivity (Wildman–Crippen MR) is 63.5 cm³/mol. The lowest BCUT2D eigenvalue weighted by atomic mass is 10.0. The molecule has 5 heteroatoms. The van der Waals surface area contributed by atoms with Crippen LogP contribution in [0.25, 0.3) is 0 Å². The largest absolute Gasteiger partial charge is 0.416 e. The van der Waals surface area contributed by atoms with Crippen molar-refractivity contribution in [1.29, 1.82) is 0 Å². The molecule has 0 aliphatic carbocycles. The molecule has 1 atom stereocenters. The lowest BCUT2D eigenvalue weighted by molar-refractivity contribution is -0.137. The molecule has 1 fully saturated rings. The second-order valence-corrected chi connectivity index (χ2v) is 4.57. The van der Waals surface area contributed by atoms with E-state index in [-0.39, 0.29) is 12.6 Å². The number of anilines is 1. The Kier molecular flexibility index (Phi) is 3.80. The fourth-order valence-electron chi connectivity index (χ4n) is 2.37. The van der Waals surface area contributed by atoms with Gasteiger partial charge in [-0.2, -0.15) is 13.2 Å². The molecule has 1 aromatic carbocycles. The van der Waals surface area contributed by atoms with Crippen LogP contribution in [0, 0.1) is 0 Å². The normalized spacial score (nSPS) is 21.1. The molecule has 0 amide bonds. The van der Waals surface area contributed by atoms with Gasteiger partial charge < -0.3 is 10.0 Å². The van der Waals surface area contributed by atoms with E-state index in [4.69, 9.17) is 0 Å². The predicted octanol–water partition coefficient (Wildman–Crippen LogP) is 3.06. The zero-order valence-electron chi connectivity index (χ0n) is 9.95. The van der Waals surface area contributed by atoms with Gasteiger partial charge in [0, 0.05) is 12.2 Å². The van der Waals surface area contributed by atoms with Gasteiger partial charge in [-0.1, -0.05) is 0 Å². The molecule has 1 aromatic rings. The number of aliphatic hydroxyl groups is 1. The summed E-state index contributed by atoms with van der Waals surface area (Å²) in [6.07, 6.45) is -1.34. The number of benzene rings is 1. The highest BCUT2D eigenvalue weighted by Gasteiger charge is 2.30. The Morgan fingerprint density at radius 3 is 2.39 bits per heavy atom. The van der Waals surface area contributed by atoms with Crippen molar-refractivity contribution in [2.75, 3.05) is 18.1 Å². The minimum atomic E-state index is -4.29. The molecule has 1 N–H and O–H groups in total. The summed E-state index contributed by atoms with van der Waals surface area (Å²) in [4.78, 5) is 1.99. The van der Waals surface area contributed by atoms with E-state index in [9.17, 15) is 18.3 Å². The van der Waals surface area contributed by atoms with E-state index in [1.165, 1.54) is 12.1 Å². The highest BCUT2D eigenvalue weighted by atomic mass is 19.4. The van der Waals surface area contributed by atoms with Crippen LogP contribution < -0.4 is 4.90 Å². The summed E-state index contributed by atoms with van der Waals surface area (Å²) in [7, 11) is 0. The summed E-state index contributed by atoms with van der Waals surface area (Å²) >= 11 is 0. The van der Waals surface area contributed by atoms with Crippen LogP contribution in [0.2, 0.25) is 0 Å². The minimum absolute atomic E-state index is 0.0236. The highest BCUT2D eigenvalue weighted by Crippen LogP contribution is 2.31. The van der Waals surface area contributed by atoms with Gasteiger partial charge in [0.2, 0.25) is 0 Å². The second-order valence-electron chi connectivity index (χ2n) is 4.57. The fourth-order valence-corrected chi connectivity index (χ4v) is 2.37. The number of aliphatic hydroxyl groups excluding tert-OH is 1. The molecular weight excluding hydrogens is 243 g/mol. The van der Waals surface area contributed by atoms with Gasteiger partial charge in [-0.05, 0) is 43.5 Å². The third-order valence-electron chi connectivity index (χ3n) is 3.36. The Hall–Kier alpha value is -1.23. The van der Waals surface area contributed by atoms with Crippen LogP contribution in [-0.2, 0) is 6.18 Å².